The van der Waals surface area contributed by atoms with Gasteiger partial charge in [0.05, 0.1) is 11.8 Å². The van der Waals surface area contributed by atoms with Crippen LogP contribution < -0.4 is 10.5 Å². The largest absolute Gasteiger partial charge is 0.346 e. The number of benzene rings is 2. The van der Waals surface area contributed by atoms with Crippen molar-refractivity contribution in [2.45, 2.75) is 38.5 Å². The third-order valence-corrected chi connectivity index (χ3v) is 4.77. The van der Waals surface area contributed by atoms with Crippen molar-refractivity contribution in [2.24, 2.45) is 5.14 Å². The van der Waals surface area contributed by atoms with Gasteiger partial charge in [0, 0.05) is 5.56 Å². The Morgan fingerprint density at radius 1 is 0.960 bits per heavy atom. The van der Waals surface area contributed by atoms with Crippen molar-refractivity contribution in [1.29, 1.82) is 0 Å². The molecule has 0 heterocycles. The van der Waals surface area contributed by atoms with Crippen molar-refractivity contribution >= 4 is 15.9 Å². The number of hydrogen-bond acceptors (Lipinski definition) is 3. The number of sulfonamides is 1. The molecular weight excluding hydrogens is 336 g/mol. The molecule has 0 aromatic heterocycles. The molecule has 134 valence electrons. The second kappa shape index (κ2) is 7.80. The van der Waals surface area contributed by atoms with E-state index in [0.717, 1.165) is 5.56 Å². The van der Waals surface area contributed by atoms with Crippen molar-refractivity contribution in [3.63, 3.8) is 0 Å². The molecule has 6 heteroatoms. The van der Waals surface area contributed by atoms with Crippen LogP contribution in [0.2, 0.25) is 0 Å². The maximum atomic E-state index is 12.3. The number of rotatable bonds is 6. The molecule has 0 radical (unpaired) electrons. The minimum absolute atomic E-state index is 0.127. The van der Waals surface area contributed by atoms with Gasteiger partial charge in [-0.3, -0.25) is 4.79 Å². The SMILES string of the molecule is CC(C)c1ccc([C@H](C)NC(=O)c2ccc(CS(N)(=O)=O)cc2)cc1. The molecule has 0 saturated carbocycles. The van der Waals surface area contributed by atoms with Crippen molar-refractivity contribution < 1.29 is 13.2 Å². The quantitative estimate of drug-likeness (QED) is 0.829. The molecule has 3 N–H and O–H groups in total. The number of amides is 1. The van der Waals surface area contributed by atoms with Gasteiger partial charge in [0.25, 0.3) is 5.91 Å². The van der Waals surface area contributed by atoms with Gasteiger partial charge in [-0.2, -0.15) is 0 Å². The summed E-state index contributed by atoms with van der Waals surface area (Å²) in [6.45, 7) is 6.21. The summed E-state index contributed by atoms with van der Waals surface area (Å²) in [6.07, 6.45) is 0. The molecule has 0 aliphatic rings. The number of carbonyl (C=O) groups is 1. The molecule has 2 aromatic carbocycles. The van der Waals surface area contributed by atoms with Crippen LogP contribution in [0.15, 0.2) is 48.5 Å². The zero-order valence-electron chi connectivity index (χ0n) is 14.7. The molecule has 0 spiro atoms. The zero-order chi connectivity index (χ0) is 18.6. The van der Waals surface area contributed by atoms with Crippen LogP contribution in [0.1, 0.15) is 59.8 Å². The van der Waals surface area contributed by atoms with E-state index in [2.05, 4.69) is 31.3 Å². The van der Waals surface area contributed by atoms with Gasteiger partial charge in [0.2, 0.25) is 10.0 Å². The van der Waals surface area contributed by atoms with Crippen LogP contribution in [0.25, 0.3) is 0 Å². The van der Waals surface area contributed by atoms with E-state index < -0.39 is 10.0 Å². The minimum Gasteiger partial charge on any atom is -0.346 e. The van der Waals surface area contributed by atoms with Gasteiger partial charge >= 0.3 is 0 Å². The van der Waals surface area contributed by atoms with Crippen LogP contribution >= 0.6 is 0 Å². The van der Waals surface area contributed by atoms with E-state index in [1.165, 1.54) is 5.56 Å². The molecular formula is C19H24N2O3S. The van der Waals surface area contributed by atoms with Gasteiger partial charge in [0.1, 0.15) is 0 Å². The molecule has 0 saturated heterocycles. The van der Waals surface area contributed by atoms with Crippen molar-refractivity contribution in [3.8, 4) is 0 Å². The first-order chi connectivity index (χ1) is 11.7. The summed E-state index contributed by atoms with van der Waals surface area (Å²) in [4.78, 5) is 12.3. The van der Waals surface area contributed by atoms with Crippen LogP contribution in [0, 0.1) is 0 Å². The highest BCUT2D eigenvalue weighted by Gasteiger charge is 2.12. The van der Waals surface area contributed by atoms with E-state index in [9.17, 15) is 13.2 Å². The van der Waals surface area contributed by atoms with E-state index in [1.54, 1.807) is 24.3 Å². The van der Waals surface area contributed by atoms with Crippen LogP contribution in [0.4, 0.5) is 0 Å². The smallest absolute Gasteiger partial charge is 0.251 e. The second-order valence-electron chi connectivity index (χ2n) is 6.52. The molecule has 0 unspecified atom stereocenters. The summed E-state index contributed by atoms with van der Waals surface area (Å²) < 4.78 is 22.2. The Labute approximate surface area is 149 Å². The highest BCUT2D eigenvalue weighted by molar-refractivity contribution is 7.88. The number of nitrogens with two attached hydrogens (primary N) is 1. The maximum Gasteiger partial charge on any atom is 0.251 e. The summed E-state index contributed by atoms with van der Waals surface area (Å²) >= 11 is 0. The molecule has 0 aliphatic heterocycles. The standard InChI is InChI=1S/C19H24N2O3S/c1-13(2)16-8-10-17(11-9-16)14(3)21-19(22)18-6-4-15(5-7-18)12-25(20,23)24/h4-11,13-14H,12H2,1-3H3,(H,21,22)(H2,20,23,24)/t14-/m0/s1. The fraction of sp³-hybridized carbons (Fsp3) is 0.316. The third-order valence-electron chi connectivity index (χ3n) is 4.03. The maximum absolute atomic E-state index is 12.3. The van der Waals surface area contributed by atoms with Gasteiger partial charge in [-0.05, 0) is 41.7 Å². The van der Waals surface area contributed by atoms with E-state index in [1.807, 2.05) is 19.1 Å². The first-order valence-electron chi connectivity index (χ1n) is 8.16. The second-order valence-corrected chi connectivity index (χ2v) is 8.14. The van der Waals surface area contributed by atoms with Crippen LogP contribution in [0.5, 0.6) is 0 Å². The predicted molar refractivity (Wildman–Crippen MR) is 99.7 cm³/mol. The lowest BCUT2D eigenvalue weighted by Crippen LogP contribution is -2.26. The highest BCUT2D eigenvalue weighted by Crippen LogP contribution is 2.19. The van der Waals surface area contributed by atoms with Gasteiger partial charge in [-0.25, -0.2) is 13.6 Å². The van der Waals surface area contributed by atoms with Crippen LogP contribution in [-0.4, -0.2) is 14.3 Å². The number of hydrogen-bond donors (Lipinski definition) is 2. The lowest BCUT2D eigenvalue weighted by Gasteiger charge is -2.16. The Morgan fingerprint density at radius 2 is 1.48 bits per heavy atom. The molecule has 5 nitrogen and oxygen atoms in total. The van der Waals surface area contributed by atoms with Crippen LogP contribution in [0.3, 0.4) is 0 Å². The van der Waals surface area contributed by atoms with Gasteiger partial charge in [-0.1, -0.05) is 50.2 Å². The summed E-state index contributed by atoms with van der Waals surface area (Å²) in [6, 6.07) is 14.5. The molecule has 0 fully saturated rings. The monoisotopic (exact) mass is 360 g/mol. The molecule has 0 bridgehead atoms. The Balaban J connectivity index is 2.03. The summed E-state index contributed by atoms with van der Waals surface area (Å²) in [5, 5.41) is 7.96. The zero-order valence-corrected chi connectivity index (χ0v) is 15.5. The fourth-order valence-corrected chi connectivity index (χ4v) is 3.17. The topological polar surface area (TPSA) is 89.3 Å². The predicted octanol–water partition coefficient (Wildman–Crippen LogP) is 3.09. The van der Waals surface area contributed by atoms with Crippen molar-refractivity contribution in [3.05, 3.63) is 70.8 Å². The molecule has 2 rings (SSSR count). The van der Waals surface area contributed by atoms with Crippen molar-refractivity contribution in [2.75, 3.05) is 0 Å². The Morgan fingerprint density at radius 3 is 1.96 bits per heavy atom. The average Bonchev–Trinajstić information content (AvgIpc) is 2.54. The fourth-order valence-electron chi connectivity index (χ4n) is 2.52. The number of primary sulfonamides is 1. The van der Waals surface area contributed by atoms with Crippen LogP contribution in [-0.2, 0) is 15.8 Å². The molecule has 1 atom stereocenters. The summed E-state index contributed by atoms with van der Waals surface area (Å²) in [5.41, 5.74) is 3.32. The van der Waals surface area contributed by atoms with Gasteiger partial charge in [-0.15, -0.1) is 0 Å². The third kappa shape index (κ3) is 5.69. The average molecular weight is 360 g/mol. The first kappa shape index (κ1) is 19.1. The first-order valence-corrected chi connectivity index (χ1v) is 9.87. The van der Waals surface area contributed by atoms with E-state index >= 15 is 0 Å². The Hall–Kier alpha value is -2.18. The minimum atomic E-state index is -3.58. The Kier molecular flexibility index (Phi) is 5.98. The summed E-state index contributed by atoms with van der Waals surface area (Å²) in [7, 11) is -3.58. The number of carbonyl (C=O) groups excluding carboxylic acids is 1. The lowest BCUT2D eigenvalue weighted by molar-refractivity contribution is 0.0940. The normalized spacial score (nSPS) is 12.8. The molecule has 0 aliphatic carbocycles. The van der Waals surface area contributed by atoms with Gasteiger partial charge < -0.3 is 5.32 Å². The van der Waals surface area contributed by atoms with Gasteiger partial charge in [0.15, 0.2) is 0 Å². The lowest BCUT2D eigenvalue weighted by atomic mass is 9.99. The molecule has 25 heavy (non-hydrogen) atoms. The van der Waals surface area contributed by atoms with Crippen molar-refractivity contribution in [1.82, 2.24) is 5.32 Å². The Bertz CT molecular complexity index is 826. The molecule has 1 amide bonds. The number of nitrogens with one attached hydrogen (secondary N) is 1. The highest BCUT2D eigenvalue weighted by atomic mass is 32.2. The molecule has 2 aromatic rings. The van der Waals surface area contributed by atoms with E-state index in [0.29, 0.717) is 17.0 Å². The van der Waals surface area contributed by atoms with E-state index in [-0.39, 0.29) is 17.7 Å². The summed E-state index contributed by atoms with van der Waals surface area (Å²) in [5.74, 6) is 0.0189. The van der Waals surface area contributed by atoms with E-state index in [4.69, 9.17) is 5.14 Å².